The molecule has 2 aliphatic heterocycles. The number of hydrogen-bond donors (Lipinski definition) is 5. The van der Waals surface area contributed by atoms with Crippen molar-refractivity contribution in [3.8, 4) is 34.5 Å². The van der Waals surface area contributed by atoms with E-state index in [1.807, 2.05) is 0 Å². The Kier molecular flexibility index (Phi) is 5.03. The Bertz CT molecular complexity index is 913. The molecule has 2 aliphatic rings. The number of aromatic hydroxyl groups is 2. The van der Waals surface area contributed by atoms with Gasteiger partial charge in [-0.2, -0.15) is 0 Å². The van der Waals surface area contributed by atoms with Gasteiger partial charge >= 0.3 is 0 Å². The summed E-state index contributed by atoms with van der Waals surface area (Å²) in [5, 5.41) is 51.5. The summed E-state index contributed by atoms with van der Waals surface area (Å²) >= 11 is 0. The van der Waals surface area contributed by atoms with Gasteiger partial charge in [0.05, 0.1) is 12.2 Å². The van der Waals surface area contributed by atoms with Crippen molar-refractivity contribution in [2.75, 3.05) is 26.8 Å². The molecule has 2 aromatic carbocycles. The molecule has 0 bridgehead atoms. The molecule has 2 heterocycles. The lowest BCUT2D eigenvalue weighted by atomic mass is 9.79. The van der Waals surface area contributed by atoms with Crippen molar-refractivity contribution in [3.63, 3.8) is 0 Å². The molecule has 0 aromatic heterocycles. The van der Waals surface area contributed by atoms with Gasteiger partial charge in [-0.05, 0) is 24.1 Å². The van der Waals surface area contributed by atoms with Gasteiger partial charge in [0, 0.05) is 36.6 Å². The van der Waals surface area contributed by atoms with Crippen molar-refractivity contribution in [1.82, 2.24) is 0 Å². The number of phenols is 2. The van der Waals surface area contributed by atoms with Gasteiger partial charge in [0.2, 0.25) is 13.6 Å². The quantitative estimate of drug-likeness (QED) is 0.449. The number of aliphatic hydroxyl groups excluding tert-OH is 2. The van der Waals surface area contributed by atoms with Gasteiger partial charge in [-0.1, -0.05) is 0 Å². The van der Waals surface area contributed by atoms with Crippen molar-refractivity contribution in [2.24, 2.45) is 5.92 Å². The summed E-state index contributed by atoms with van der Waals surface area (Å²) < 4.78 is 21.0. The predicted molar refractivity (Wildman–Crippen MR) is 98.5 cm³/mol. The molecule has 0 saturated carbocycles. The maximum Gasteiger partial charge on any atom is 0.231 e. The Hall–Kier alpha value is -2.88. The van der Waals surface area contributed by atoms with E-state index < -0.39 is 24.7 Å². The van der Waals surface area contributed by atoms with E-state index in [1.54, 1.807) is 6.07 Å². The maximum atomic E-state index is 11.1. The molecule has 0 radical (unpaired) electrons. The van der Waals surface area contributed by atoms with Crippen molar-refractivity contribution >= 4 is 0 Å². The van der Waals surface area contributed by atoms with Crippen LogP contribution in [0.25, 0.3) is 0 Å². The fourth-order valence-corrected chi connectivity index (χ4v) is 3.60. The van der Waals surface area contributed by atoms with E-state index in [0.29, 0.717) is 34.1 Å². The molecule has 5 N–H and O–H groups in total. The van der Waals surface area contributed by atoms with Crippen LogP contribution >= 0.6 is 0 Å². The number of fused-ring (bicyclic) bond motifs is 2. The zero-order chi connectivity index (χ0) is 20.6. The summed E-state index contributed by atoms with van der Waals surface area (Å²) in [7, 11) is 0. The largest absolute Gasteiger partial charge is 0.508 e. The van der Waals surface area contributed by atoms with Crippen LogP contribution in [-0.4, -0.2) is 57.9 Å². The monoisotopic (exact) mass is 406 g/mol. The average molecular weight is 406 g/mol. The van der Waals surface area contributed by atoms with E-state index in [9.17, 15) is 25.5 Å². The Morgan fingerprint density at radius 3 is 1.79 bits per heavy atom. The van der Waals surface area contributed by atoms with Crippen molar-refractivity contribution < 1.29 is 44.5 Å². The van der Waals surface area contributed by atoms with E-state index in [4.69, 9.17) is 18.9 Å². The van der Waals surface area contributed by atoms with E-state index >= 15 is 0 Å². The zero-order valence-corrected chi connectivity index (χ0v) is 15.5. The molecule has 9 heteroatoms. The standard InChI is InChI=1S/C20H22O9/c21-7-13(1-11-2-16-18(4-14(11)23)28-9-26-16)20(25,8-22)6-12-3-17-19(5-15(12)24)29-10-27-17/h2-5,13,21-25H,1,6-10H2/t13-,20+/m0/s1. The van der Waals surface area contributed by atoms with Crippen LogP contribution in [-0.2, 0) is 12.8 Å². The molecule has 2 aromatic rings. The van der Waals surface area contributed by atoms with Crippen LogP contribution in [0, 0.1) is 5.92 Å². The third-order valence-corrected chi connectivity index (χ3v) is 5.36. The number of aliphatic hydroxyl groups is 3. The molecule has 0 aliphatic carbocycles. The fraction of sp³-hybridized carbons (Fsp3) is 0.400. The number of hydrogen-bond acceptors (Lipinski definition) is 9. The molecular weight excluding hydrogens is 384 g/mol. The molecule has 4 rings (SSSR count). The first-order chi connectivity index (χ1) is 13.9. The van der Waals surface area contributed by atoms with Crippen molar-refractivity contribution in [2.45, 2.75) is 18.4 Å². The smallest absolute Gasteiger partial charge is 0.231 e. The Morgan fingerprint density at radius 1 is 0.793 bits per heavy atom. The van der Waals surface area contributed by atoms with Crippen LogP contribution in [0.1, 0.15) is 11.1 Å². The Morgan fingerprint density at radius 2 is 1.28 bits per heavy atom. The number of rotatable bonds is 7. The lowest BCUT2D eigenvalue weighted by Gasteiger charge is -2.34. The molecule has 9 nitrogen and oxygen atoms in total. The van der Waals surface area contributed by atoms with Gasteiger partial charge in [-0.3, -0.25) is 0 Å². The van der Waals surface area contributed by atoms with Gasteiger partial charge in [-0.25, -0.2) is 0 Å². The Balaban J connectivity index is 1.59. The van der Waals surface area contributed by atoms with Crippen LogP contribution in [0.5, 0.6) is 34.5 Å². The minimum Gasteiger partial charge on any atom is -0.508 e. The van der Waals surface area contributed by atoms with E-state index in [-0.39, 0.29) is 37.9 Å². The summed E-state index contributed by atoms with van der Waals surface area (Å²) in [5.41, 5.74) is -1.02. The molecular formula is C20H22O9. The van der Waals surface area contributed by atoms with Gasteiger partial charge in [0.1, 0.15) is 11.5 Å². The van der Waals surface area contributed by atoms with E-state index in [1.165, 1.54) is 18.2 Å². The summed E-state index contributed by atoms with van der Waals surface area (Å²) in [6.45, 7) is -1.05. The molecule has 29 heavy (non-hydrogen) atoms. The number of benzene rings is 2. The molecule has 0 fully saturated rings. The highest BCUT2D eigenvalue weighted by Crippen LogP contribution is 2.41. The van der Waals surface area contributed by atoms with E-state index in [0.717, 1.165) is 0 Å². The van der Waals surface area contributed by atoms with Crippen molar-refractivity contribution in [1.29, 1.82) is 0 Å². The fourth-order valence-electron chi connectivity index (χ4n) is 3.60. The summed E-state index contributed by atoms with van der Waals surface area (Å²) in [4.78, 5) is 0. The van der Waals surface area contributed by atoms with Crippen LogP contribution in [0.2, 0.25) is 0 Å². The van der Waals surface area contributed by atoms with Gasteiger partial charge in [0.15, 0.2) is 23.0 Å². The van der Waals surface area contributed by atoms with Crippen LogP contribution in [0.3, 0.4) is 0 Å². The molecule has 0 spiro atoms. The molecule has 2 atom stereocenters. The first-order valence-electron chi connectivity index (χ1n) is 9.10. The van der Waals surface area contributed by atoms with Crippen molar-refractivity contribution in [3.05, 3.63) is 35.4 Å². The number of phenolic OH excluding ortho intramolecular Hbond substituents is 2. The van der Waals surface area contributed by atoms with Crippen LogP contribution < -0.4 is 18.9 Å². The zero-order valence-electron chi connectivity index (χ0n) is 15.5. The minimum absolute atomic E-state index is 0.0329. The summed E-state index contributed by atoms with van der Waals surface area (Å²) in [6.07, 6.45) is -0.0934. The first kappa shape index (κ1) is 19.4. The second kappa shape index (κ2) is 7.51. The third kappa shape index (κ3) is 3.59. The highest BCUT2D eigenvalue weighted by atomic mass is 16.7. The SMILES string of the molecule is OC[C@H](Cc1cc2c(cc1O)OCO2)[C@](O)(CO)Cc1cc2c(cc1O)OCO2. The van der Waals surface area contributed by atoms with Gasteiger partial charge in [-0.15, -0.1) is 0 Å². The maximum absolute atomic E-state index is 11.1. The predicted octanol–water partition coefficient (Wildman–Crippen LogP) is 0.672. The average Bonchev–Trinajstić information content (AvgIpc) is 3.34. The van der Waals surface area contributed by atoms with E-state index in [2.05, 4.69) is 0 Å². The Labute approximate surface area is 166 Å². The topological polar surface area (TPSA) is 138 Å². The second-order valence-corrected chi connectivity index (χ2v) is 7.19. The lowest BCUT2D eigenvalue weighted by Crippen LogP contribution is -2.46. The second-order valence-electron chi connectivity index (χ2n) is 7.19. The van der Waals surface area contributed by atoms with Crippen LogP contribution in [0.15, 0.2) is 24.3 Å². The lowest BCUT2D eigenvalue weighted by molar-refractivity contribution is -0.0767. The molecule has 0 amide bonds. The molecule has 0 unspecified atom stereocenters. The van der Waals surface area contributed by atoms with Crippen LogP contribution in [0.4, 0.5) is 0 Å². The third-order valence-electron chi connectivity index (χ3n) is 5.36. The van der Waals surface area contributed by atoms with Gasteiger partial charge in [0.25, 0.3) is 0 Å². The minimum atomic E-state index is -1.78. The normalized spacial score (nSPS) is 17.2. The molecule has 156 valence electrons. The highest BCUT2D eigenvalue weighted by molar-refractivity contribution is 5.52. The first-order valence-corrected chi connectivity index (χ1v) is 9.10. The number of ether oxygens (including phenoxy) is 4. The molecule has 0 saturated heterocycles. The summed E-state index contributed by atoms with van der Waals surface area (Å²) in [5.74, 6) is 0.644. The summed E-state index contributed by atoms with van der Waals surface area (Å²) in [6, 6.07) is 5.90. The highest BCUT2D eigenvalue weighted by Gasteiger charge is 2.38. The van der Waals surface area contributed by atoms with Gasteiger partial charge < -0.3 is 44.5 Å².